The molecule has 0 aromatic heterocycles. The molecule has 1 aliphatic heterocycles. The van der Waals surface area contributed by atoms with E-state index in [0.29, 0.717) is 6.04 Å². The minimum absolute atomic E-state index is 0.518. The summed E-state index contributed by atoms with van der Waals surface area (Å²) in [5, 5.41) is 3.50. The van der Waals surface area contributed by atoms with Crippen LogP contribution in [-0.4, -0.2) is 32.1 Å². The van der Waals surface area contributed by atoms with Gasteiger partial charge in [-0.25, -0.2) is 0 Å². The van der Waals surface area contributed by atoms with Gasteiger partial charge >= 0.3 is 0 Å². The van der Waals surface area contributed by atoms with Crippen molar-refractivity contribution in [2.75, 3.05) is 27.2 Å². The van der Waals surface area contributed by atoms with Crippen molar-refractivity contribution < 1.29 is 0 Å². The van der Waals surface area contributed by atoms with Gasteiger partial charge in [-0.05, 0) is 58.4 Å². The predicted octanol–water partition coefficient (Wildman–Crippen LogP) is 2.60. The standard InChI is InChI=1S/C15H24N2/c1-12-4-6-13(7-5-12)15(16-2)14-8-10-17(3)11-9-14/h4-7,14-16H,8-11H2,1-3H3. The summed E-state index contributed by atoms with van der Waals surface area (Å²) in [6.45, 7) is 4.61. The lowest BCUT2D eigenvalue weighted by atomic mass is 9.85. The summed E-state index contributed by atoms with van der Waals surface area (Å²) < 4.78 is 0. The summed E-state index contributed by atoms with van der Waals surface area (Å²) in [6.07, 6.45) is 2.60. The molecule has 94 valence electrons. The molecule has 0 amide bonds. The summed E-state index contributed by atoms with van der Waals surface area (Å²) >= 11 is 0. The summed E-state index contributed by atoms with van der Waals surface area (Å²) in [7, 11) is 4.30. The highest BCUT2D eigenvalue weighted by Crippen LogP contribution is 2.30. The van der Waals surface area contributed by atoms with Crippen LogP contribution >= 0.6 is 0 Å². The SMILES string of the molecule is CNC(c1ccc(C)cc1)C1CCN(C)CC1. The van der Waals surface area contributed by atoms with Gasteiger partial charge in [0.05, 0.1) is 0 Å². The van der Waals surface area contributed by atoms with E-state index >= 15 is 0 Å². The van der Waals surface area contributed by atoms with Gasteiger partial charge in [-0.15, -0.1) is 0 Å². The van der Waals surface area contributed by atoms with Crippen molar-refractivity contribution in [2.24, 2.45) is 5.92 Å². The minimum Gasteiger partial charge on any atom is -0.313 e. The van der Waals surface area contributed by atoms with Crippen molar-refractivity contribution in [1.82, 2.24) is 10.2 Å². The van der Waals surface area contributed by atoms with Crippen molar-refractivity contribution in [3.63, 3.8) is 0 Å². The van der Waals surface area contributed by atoms with Crippen LogP contribution in [0.1, 0.15) is 30.0 Å². The Morgan fingerprint density at radius 3 is 2.29 bits per heavy atom. The summed E-state index contributed by atoms with van der Waals surface area (Å²) in [5.41, 5.74) is 2.78. The molecule has 1 fully saturated rings. The second-order valence-electron chi connectivity index (χ2n) is 5.32. The van der Waals surface area contributed by atoms with E-state index in [1.165, 1.54) is 37.1 Å². The number of nitrogens with zero attached hydrogens (tertiary/aromatic N) is 1. The van der Waals surface area contributed by atoms with Gasteiger partial charge in [-0.3, -0.25) is 0 Å². The van der Waals surface area contributed by atoms with Crippen LogP contribution in [0.3, 0.4) is 0 Å². The van der Waals surface area contributed by atoms with Crippen LogP contribution in [-0.2, 0) is 0 Å². The van der Waals surface area contributed by atoms with Gasteiger partial charge in [0.1, 0.15) is 0 Å². The van der Waals surface area contributed by atoms with Crippen molar-refractivity contribution in [3.05, 3.63) is 35.4 Å². The van der Waals surface area contributed by atoms with Gasteiger partial charge in [0, 0.05) is 6.04 Å². The molecule has 17 heavy (non-hydrogen) atoms. The normalized spacial score (nSPS) is 20.4. The largest absolute Gasteiger partial charge is 0.313 e. The predicted molar refractivity (Wildman–Crippen MR) is 73.2 cm³/mol. The van der Waals surface area contributed by atoms with Crippen molar-refractivity contribution in [2.45, 2.75) is 25.8 Å². The molecule has 2 nitrogen and oxygen atoms in total. The molecule has 1 unspecified atom stereocenters. The maximum atomic E-state index is 3.50. The maximum absolute atomic E-state index is 3.50. The lowest BCUT2D eigenvalue weighted by molar-refractivity contribution is 0.188. The average molecular weight is 232 g/mol. The number of rotatable bonds is 3. The maximum Gasteiger partial charge on any atom is 0.0347 e. The van der Waals surface area contributed by atoms with Crippen molar-refractivity contribution >= 4 is 0 Å². The average Bonchev–Trinajstić information content (AvgIpc) is 2.35. The van der Waals surface area contributed by atoms with Crippen LogP contribution in [0.2, 0.25) is 0 Å². The van der Waals surface area contributed by atoms with Gasteiger partial charge < -0.3 is 10.2 Å². The molecule has 0 bridgehead atoms. The summed E-state index contributed by atoms with van der Waals surface area (Å²) in [5.74, 6) is 0.777. The Balaban J connectivity index is 2.08. The molecule has 1 atom stereocenters. The number of likely N-dealkylation sites (tertiary alicyclic amines) is 1. The Bertz CT molecular complexity index is 336. The lowest BCUT2D eigenvalue weighted by Crippen LogP contribution is -2.36. The molecule has 2 heteroatoms. The highest BCUT2D eigenvalue weighted by molar-refractivity contribution is 5.24. The first-order valence-corrected chi connectivity index (χ1v) is 6.63. The molecule has 1 heterocycles. The number of aryl methyl sites for hydroxylation is 1. The Kier molecular flexibility index (Phi) is 4.19. The minimum atomic E-state index is 0.518. The molecule has 0 saturated carbocycles. The van der Waals surface area contributed by atoms with E-state index in [9.17, 15) is 0 Å². The molecule has 2 rings (SSSR count). The first-order chi connectivity index (χ1) is 8.20. The molecular formula is C15H24N2. The Morgan fingerprint density at radius 1 is 1.18 bits per heavy atom. The van der Waals surface area contributed by atoms with E-state index < -0.39 is 0 Å². The third-order valence-corrected chi connectivity index (χ3v) is 3.98. The molecule has 1 saturated heterocycles. The van der Waals surface area contributed by atoms with Crippen molar-refractivity contribution in [3.8, 4) is 0 Å². The molecule has 1 aliphatic rings. The zero-order chi connectivity index (χ0) is 12.3. The first-order valence-electron chi connectivity index (χ1n) is 6.63. The van der Waals surface area contributed by atoms with E-state index in [2.05, 4.69) is 55.5 Å². The van der Waals surface area contributed by atoms with E-state index in [1.807, 2.05) is 0 Å². The van der Waals surface area contributed by atoms with Crippen LogP contribution in [0.5, 0.6) is 0 Å². The Morgan fingerprint density at radius 2 is 1.76 bits per heavy atom. The lowest BCUT2D eigenvalue weighted by Gasteiger charge is -2.34. The molecular weight excluding hydrogens is 208 g/mol. The van der Waals surface area contributed by atoms with Crippen LogP contribution in [0.25, 0.3) is 0 Å². The fraction of sp³-hybridized carbons (Fsp3) is 0.600. The van der Waals surface area contributed by atoms with E-state index in [0.717, 1.165) is 5.92 Å². The molecule has 1 aromatic rings. The number of benzene rings is 1. The fourth-order valence-corrected chi connectivity index (χ4v) is 2.81. The van der Waals surface area contributed by atoms with Crippen LogP contribution < -0.4 is 5.32 Å². The second kappa shape index (κ2) is 5.65. The Hall–Kier alpha value is -0.860. The third-order valence-electron chi connectivity index (χ3n) is 3.98. The molecule has 0 radical (unpaired) electrons. The number of hydrogen-bond acceptors (Lipinski definition) is 2. The van der Waals surface area contributed by atoms with Gasteiger partial charge in [0.2, 0.25) is 0 Å². The first kappa shape index (κ1) is 12.6. The fourth-order valence-electron chi connectivity index (χ4n) is 2.81. The van der Waals surface area contributed by atoms with Gasteiger partial charge in [0.15, 0.2) is 0 Å². The van der Waals surface area contributed by atoms with E-state index in [1.54, 1.807) is 0 Å². The zero-order valence-corrected chi connectivity index (χ0v) is 11.2. The highest BCUT2D eigenvalue weighted by Gasteiger charge is 2.25. The monoisotopic (exact) mass is 232 g/mol. The number of hydrogen-bond donors (Lipinski definition) is 1. The molecule has 0 spiro atoms. The molecule has 1 N–H and O–H groups in total. The number of nitrogens with one attached hydrogen (secondary N) is 1. The third kappa shape index (κ3) is 3.08. The van der Waals surface area contributed by atoms with E-state index in [-0.39, 0.29) is 0 Å². The van der Waals surface area contributed by atoms with Crippen LogP contribution in [0.15, 0.2) is 24.3 Å². The topological polar surface area (TPSA) is 15.3 Å². The highest BCUT2D eigenvalue weighted by atomic mass is 15.1. The van der Waals surface area contributed by atoms with Gasteiger partial charge in [-0.1, -0.05) is 29.8 Å². The van der Waals surface area contributed by atoms with Crippen LogP contribution in [0, 0.1) is 12.8 Å². The van der Waals surface area contributed by atoms with Gasteiger partial charge in [0.25, 0.3) is 0 Å². The second-order valence-corrected chi connectivity index (χ2v) is 5.32. The zero-order valence-electron chi connectivity index (χ0n) is 11.2. The Labute approximate surface area is 105 Å². The summed E-state index contributed by atoms with van der Waals surface area (Å²) in [4.78, 5) is 2.43. The van der Waals surface area contributed by atoms with E-state index in [4.69, 9.17) is 0 Å². The molecule has 0 aliphatic carbocycles. The molecule has 1 aromatic carbocycles. The van der Waals surface area contributed by atoms with Crippen molar-refractivity contribution in [1.29, 1.82) is 0 Å². The smallest absolute Gasteiger partial charge is 0.0347 e. The summed E-state index contributed by atoms with van der Waals surface area (Å²) in [6, 6.07) is 9.50. The van der Waals surface area contributed by atoms with Crippen LogP contribution in [0.4, 0.5) is 0 Å². The number of piperidine rings is 1. The van der Waals surface area contributed by atoms with Gasteiger partial charge in [-0.2, -0.15) is 0 Å². The quantitative estimate of drug-likeness (QED) is 0.862.